The molecule has 0 aliphatic heterocycles. The summed E-state index contributed by atoms with van der Waals surface area (Å²) >= 11 is 0. The van der Waals surface area contributed by atoms with Gasteiger partial charge in [-0.15, -0.1) is 0 Å². The quantitative estimate of drug-likeness (QED) is 0.639. The standard InChI is InChI=1S/C23H22N2O4/c1-15-3-10-20(11-4-15)29-14-18-13-17(7-12-21(18)28-2)23(27)25-19-8-5-16(6-9-19)22(24)26/h3-13H,14H2,1-2H3,(H2,24,26)(H,25,27). The number of benzene rings is 3. The van der Waals surface area contributed by atoms with Crippen molar-refractivity contribution in [3.8, 4) is 11.5 Å². The van der Waals surface area contributed by atoms with E-state index >= 15 is 0 Å². The summed E-state index contributed by atoms with van der Waals surface area (Å²) in [6.45, 7) is 2.27. The fourth-order valence-electron chi connectivity index (χ4n) is 2.75. The normalized spacial score (nSPS) is 10.3. The van der Waals surface area contributed by atoms with Gasteiger partial charge in [0.2, 0.25) is 5.91 Å². The summed E-state index contributed by atoms with van der Waals surface area (Å²) in [4.78, 5) is 23.8. The van der Waals surface area contributed by atoms with Crippen molar-refractivity contribution in [1.82, 2.24) is 0 Å². The lowest BCUT2D eigenvalue weighted by atomic mass is 10.1. The third-order valence-electron chi connectivity index (χ3n) is 4.39. The Bertz CT molecular complexity index is 1010. The van der Waals surface area contributed by atoms with Crippen LogP contribution in [0.3, 0.4) is 0 Å². The van der Waals surface area contributed by atoms with Crippen molar-refractivity contribution in [2.75, 3.05) is 12.4 Å². The first kappa shape index (κ1) is 19.9. The van der Waals surface area contributed by atoms with E-state index in [9.17, 15) is 9.59 Å². The van der Waals surface area contributed by atoms with Crippen LogP contribution < -0.4 is 20.5 Å². The first-order valence-corrected chi connectivity index (χ1v) is 9.04. The number of aryl methyl sites for hydroxylation is 1. The van der Waals surface area contributed by atoms with Gasteiger partial charge in [-0.1, -0.05) is 17.7 Å². The predicted octanol–water partition coefficient (Wildman–Crippen LogP) is 3.93. The van der Waals surface area contributed by atoms with Crippen molar-refractivity contribution in [3.63, 3.8) is 0 Å². The van der Waals surface area contributed by atoms with E-state index in [-0.39, 0.29) is 12.5 Å². The van der Waals surface area contributed by atoms with Gasteiger partial charge in [0.15, 0.2) is 0 Å². The lowest BCUT2D eigenvalue weighted by Crippen LogP contribution is -2.14. The van der Waals surface area contributed by atoms with Crippen LogP contribution in [0, 0.1) is 6.92 Å². The van der Waals surface area contributed by atoms with Gasteiger partial charge in [-0.25, -0.2) is 0 Å². The number of hydrogen-bond donors (Lipinski definition) is 2. The Hall–Kier alpha value is -3.80. The molecule has 6 nitrogen and oxygen atoms in total. The first-order valence-electron chi connectivity index (χ1n) is 9.04. The molecule has 0 aliphatic rings. The molecule has 3 rings (SSSR count). The molecule has 148 valence electrons. The van der Waals surface area contributed by atoms with Crippen molar-refractivity contribution in [2.45, 2.75) is 13.5 Å². The number of amides is 2. The van der Waals surface area contributed by atoms with Crippen molar-refractivity contribution < 1.29 is 19.1 Å². The smallest absolute Gasteiger partial charge is 0.255 e. The zero-order chi connectivity index (χ0) is 20.8. The van der Waals surface area contributed by atoms with Crippen molar-refractivity contribution >= 4 is 17.5 Å². The van der Waals surface area contributed by atoms with Crippen LogP contribution in [0.5, 0.6) is 11.5 Å². The van der Waals surface area contributed by atoms with Gasteiger partial charge < -0.3 is 20.5 Å². The van der Waals surface area contributed by atoms with Gasteiger partial charge in [0.25, 0.3) is 5.91 Å². The van der Waals surface area contributed by atoms with Crippen LogP contribution in [0.25, 0.3) is 0 Å². The largest absolute Gasteiger partial charge is 0.496 e. The maximum atomic E-state index is 12.6. The molecule has 0 spiro atoms. The van der Waals surface area contributed by atoms with Gasteiger partial charge in [0.05, 0.1) is 7.11 Å². The molecule has 2 amide bonds. The van der Waals surface area contributed by atoms with Crippen LogP contribution in [-0.4, -0.2) is 18.9 Å². The van der Waals surface area contributed by atoms with E-state index < -0.39 is 5.91 Å². The molecule has 0 saturated carbocycles. The number of nitrogens with one attached hydrogen (secondary N) is 1. The summed E-state index contributed by atoms with van der Waals surface area (Å²) in [5, 5.41) is 2.80. The molecule has 0 radical (unpaired) electrons. The Morgan fingerprint density at radius 3 is 2.21 bits per heavy atom. The Morgan fingerprint density at radius 1 is 0.931 bits per heavy atom. The van der Waals surface area contributed by atoms with Gasteiger partial charge in [-0.3, -0.25) is 9.59 Å². The second-order valence-corrected chi connectivity index (χ2v) is 6.52. The SMILES string of the molecule is COc1ccc(C(=O)Nc2ccc(C(N)=O)cc2)cc1COc1ccc(C)cc1. The number of ether oxygens (including phenoxy) is 2. The predicted molar refractivity (Wildman–Crippen MR) is 111 cm³/mol. The number of rotatable bonds is 7. The third-order valence-corrected chi connectivity index (χ3v) is 4.39. The van der Waals surface area contributed by atoms with E-state index in [1.54, 1.807) is 49.6 Å². The fourth-order valence-corrected chi connectivity index (χ4v) is 2.75. The maximum absolute atomic E-state index is 12.6. The van der Waals surface area contributed by atoms with Gasteiger partial charge in [-0.2, -0.15) is 0 Å². The van der Waals surface area contributed by atoms with E-state index in [1.807, 2.05) is 31.2 Å². The van der Waals surface area contributed by atoms with E-state index in [0.717, 1.165) is 16.9 Å². The summed E-state index contributed by atoms with van der Waals surface area (Å²) in [6.07, 6.45) is 0. The molecule has 0 bridgehead atoms. The van der Waals surface area contributed by atoms with Crippen LogP contribution >= 0.6 is 0 Å². The highest BCUT2D eigenvalue weighted by atomic mass is 16.5. The molecule has 0 heterocycles. The molecule has 3 aromatic rings. The minimum atomic E-state index is -0.517. The molecule has 0 fully saturated rings. The summed E-state index contributed by atoms with van der Waals surface area (Å²) < 4.78 is 11.2. The lowest BCUT2D eigenvalue weighted by Gasteiger charge is -2.13. The number of primary amides is 1. The number of nitrogens with two attached hydrogens (primary N) is 1. The average molecular weight is 390 g/mol. The fraction of sp³-hybridized carbons (Fsp3) is 0.130. The van der Waals surface area contributed by atoms with Gasteiger partial charge >= 0.3 is 0 Å². The van der Waals surface area contributed by atoms with E-state index in [2.05, 4.69) is 5.32 Å². The summed E-state index contributed by atoms with van der Waals surface area (Å²) in [5.41, 5.74) is 8.54. The molecule has 0 saturated heterocycles. The zero-order valence-corrected chi connectivity index (χ0v) is 16.3. The summed E-state index contributed by atoms with van der Waals surface area (Å²) in [7, 11) is 1.57. The Balaban J connectivity index is 1.73. The molecule has 0 atom stereocenters. The van der Waals surface area contributed by atoms with Crippen molar-refractivity contribution in [3.05, 3.63) is 89.0 Å². The molecule has 0 aliphatic carbocycles. The molecule has 29 heavy (non-hydrogen) atoms. The first-order chi connectivity index (χ1) is 14.0. The Labute approximate surface area is 169 Å². The monoisotopic (exact) mass is 390 g/mol. The topological polar surface area (TPSA) is 90.6 Å². The van der Waals surface area contributed by atoms with Crippen molar-refractivity contribution in [1.29, 1.82) is 0 Å². The summed E-state index contributed by atoms with van der Waals surface area (Å²) in [5.74, 6) is 0.578. The van der Waals surface area contributed by atoms with Gasteiger partial charge in [0, 0.05) is 22.4 Å². The highest BCUT2D eigenvalue weighted by Crippen LogP contribution is 2.23. The van der Waals surface area contributed by atoms with Crippen LogP contribution in [0.4, 0.5) is 5.69 Å². The summed E-state index contributed by atoms with van der Waals surface area (Å²) in [6, 6.07) is 19.3. The van der Waals surface area contributed by atoms with E-state index in [1.165, 1.54) is 0 Å². The average Bonchev–Trinajstić information content (AvgIpc) is 2.73. The van der Waals surface area contributed by atoms with Crippen molar-refractivity contribution in [2.24, 2.45) is 5.73 Å². The molecule has 6 heteroatoms. The van der Waals surface area contributed by atoms with Gasteiger partial charge in [-0.05, 0) is 61.5 Å². The van der Waals surface area contributed by atoms with E-state index in [4.69, 9.17) is 15.2 Å². The zero-order valence-electron chi connectivity index (χ0n) is 16.3. The molecular weight excluding hydrogens is 368 g/mol. The number of hydrogen-bond acceptors (Lipinski definition) is 4. The second kappa shape index (κ2) is 8.93. The number of carbonyl (C=O) groups is 2. The van der Waals surface area contributed by atoms with Crippen LogP contribution in [0.1, 0.15) is 31.8 Å². The minimum absolute atomic E-state index is 0.265. The minimum Gasteiger partial charge on any atom is -0.496 e. The lowest BCUT2D eigenvalue weighted by molar-refractivity contribution is 0.0998. The third kappa shape index (κ3) is 5.13. The highest BCUT2D eigenvalue weighted by molar-refractivity contribution is 6.04. The second-order valence-electron chi connectivity index (χ2n) is 6.52. The molecular formula is C23H22N2O4. The maximum Gasteiger partial charge on any atom is 0.255 e. The molecule has 3 N–H and O–H groups in total. The molecule has 0 aromatic heterocycles. The highest BCUT2D eigenvalue weighted by Gasteiger charge is 2.12. The molecule has 0 unspecified atom stereocenters. The number of carbonyl (C=O) groups excluding carboxylic acids is 2. The molecule has 3 aromatic carbocycles. The number of methoxy groups -OCH3 is 1. The Kier molecular flexibility index (Phi) is 6.14. The van der Waals surface area contributed by atoms with Crippen LogP contribution in [-0.2, 0) is 6.61 Å². The van der Waals surface area contributed by atoms with Crippen LogP contribution in [0.15, 0.2) is 66.7 Å². The van der Waals surface area contributed by atoms with Gasteiger partial charge in [0.1, 0.15) is 18.1 Å². The van der Waals surface area contributed by atoms with Crippen LogP contribution in [0.2, 0.25) is 0 Å². The van der Waals surface area contributed by atoms with E-state index in [0.29, 0.717) is 22.6 Å². The Morgan fingerprint density at radius 2 is 1.59 bits per heavy atom. The number of anilines is 1.